The average molecular weight is 375 g/mol. The zero-order chi connectivity index (χ0) is 19.8. The van der Waals surface area contributed by atoms with Gasteiger partial charge in [0.15, 0.2) is 0 Å². The maximum absolute atomic E-state index is 12.4. The van der Waals surface area contributed by atoms with Gasteiger partial charge in [-0.1, -0.05) is 32.0 Å². The van der Waals surface area contributed by atoms with Crippen LogP contribution in [-0.4, -0.2) is 71.5 Å². The number of hydrogen-bond donors (Lipinski definition) is 2. The number of benzene rings is 1. The predicted octanol–water partition coefficient (Wildman–Crippen LogP) is 1.45. The van der Waals surface area contributed by atoms with E-state index in [0.29, 0.717) is 24.6 Å². The molecule has 0 radical (unpaired) electrons. The fourth-order valence-corrected chi connectivity index (χ4v) is 3.21. The Morgan fingerprint density at radius 1 is 1.07 bits per heavy atom. The van der Waals surface area contributed by atoms with Crippen LogP contribution in [0, 0.1) is 5.92 Å². The number of amides is 2. The van der Waals surface area contributed by atoms with Crippen molar-refractivity contribution in [1.82, 2.24) is 15.1 Å². The first-order valence-electron chi connectivity index (χ1n) is 9.45. The summed E-state index contributed by atoms with van der Waals surface area (Å²) in [4.78, 5) is 40.1. The van der Waals surface area contributed by atoms with Crippen LogP contribution in [0.4, 0.5) is 0 Å². The molecule has 148 valence electrons. The van der Waals surface area contributed by atoms with E-state index in [0.717, 1.165) is 19.6 Å². The molecule has 1 aliphatic rings. The highest BCUT2D eigenvalue weighted by Crippen LogP contribution is 2.09. The van der Waals surface area contributed by atoms with E-state index < -0.39 is 17.9 Å². The lowest BCUT2D eigenvalue weighted by Crippen LogP contribution is -2.50. The van der Waals surface area contributed by atoms with Crippen LogP contribution in [-0.2, 0) is 9.59 Å². The predicted molar refractivity (Wildman–Crippen MR) is 102 cm³/mol. The molecule has 2 N–H and O–H groups in total. The molecule has 1 atom stereocenters. The largest absolute Gasteiger partial charge is 0.480 e. The highest BCUT2D eigenvalue weighted by molar-refractivity contribution is 5.96. The van der Waals surface area contributed by atoms with Gasteiger partial charge in [-0.15, -0.1) is 0 Å². The minimum absolute atomic E-state index is 0.0561. The minimum Gasteiger partial charge on any atom is -0.480 e. The summed E-state index contributed by atoms with van der Waals surface area (Å²) in [5, 5.41) is 11.9. The standard InChI is InChI=1S/C20H29N3O4/c1-15(2)14-22-10-12-23(13-11-22)18(24)9-8-17(20(26)27)21-19(25)16-6-4-3-5-7-16/h3-7,15,17H,8-14H2,1-2H3,(H,21,25)(H,26,27)/t17-/m0/s1. The molecule has 7 heteroatoms. The zero-order valence-corrected chi connectivity index (χ0v) is 16.1. The maximum atomic E-state index is 12.4. The summed E-state index contributed by atoms with van der Waals surface area (Å²) in [7, 11) is 0. The molecule has 0 saturated carbocycles. The summed E-state index contributed by atoms with van der Waals surface area (Å²) in [5.41, 5.74) is 0.399. The van der Waals surface area contributed by atoms with Gasteiger partial charge in [-0.2, -0.15) is 0 Å². The summed E-state index contributed by atoms with van der Waals surface area (Å²) in [5.74, 6) is -1.04. The molecular formula is C20H29N3O4. The second-order valence-corrected chi connectivity index (χ2v) is 7.34. The Balaban J connectivity index is 1.81. The van der Waals surface area contributed by atoms with Crippen molar-refractivity contribution in [2.24, 2.45) is 5.92 Å². The van der Waals surface area contributed by atoms with Crippen molar-refractivity contribution >= 4 is 17.8 Å². The molecule has 7 nitrogen and oxygen atoms in total. The van der Waals surface area contributed by atoms with Crippen molar-refractivity contribution in [3.63, 3.8) is 0 Å². The average Bonchev–Trinajstić information content (AvgIpc) is 2.65. The number of hydrogen-bond acceptors (Lipinski definition) is 4. The first kappa shape index (κ1) is 20.9. The van der Waals surface area contributed by atoms with Crippen LogP contribution >= 0.6 is 0 Å². The third-order valence-electron chi connectivity index (χ3n) is 4.63. The molecule has 1 fully saturated rings. The van der Waals surface area contributed by atoms with Crippen LogP contribution in [0.2, 0.25) is 0 Å². The maximum Gasteiger partial charge on any atom is 0.326 e. The van der Waals surface area contributed by atoms with Crippen LogP contribution in [0.15, 0.2) is 30.3 Å². The van der Waals surface area contributed by atoms with Gasteiger partial charge in [0.2, 0.25) is 5.91 Å². The molecule has 1 heterocycles. The molecule has 0 bridgehead atoms. The highest BCUT2D eigenvalue weighted by Gasteiger charge is 2.25. The number of carboxylic acid groups (broad SMARTS) is 1. The highest BCUT2D eigenvalue weighted by atomic mass is 16.4. The van der Waals surface area contributed by atoms with E-state index in [4.69, 9.17) is 0 Å². The summed E-state index contributed by atoms with van der Waals surface area (Å²) in [6.07, 6.45) is 0.190. The smallest absolute Gasteiger partial charge is 0.326 e. The Morgan fingerprint density at radius 3 is 2.26 bits per heavy atom. The lowest BCUT2D eigenvalue weighted by Gasteiger charge is -2.35. The molecule has 0 spiro atoms. The fourth-order valence-electron chi connectivity index (χ4n) is 3.21. The number of aliphatic carboxylic acids is 1. The van der Waals surface area contributed by atoms with Gasteiger partial charge < -0.3 is 15.3 Å². The Bertz CT molecular complexity index is 640. The van der Waals surface area contributed by atoms with Gasteiger partial charge in [-0.05, 0) is 24.5 Å². The number of carboxylic acids is 1. The quantitative estimate of drug-likeness (QED) is 0.718. The second kappa shape index (κ2) is 10.1. The lowest BCUT2D eigenvalue weighted by atomic mass is 10.1. The van der Waals surface area contributed by atoms with Crippen molar-refractivity contribution in [2.45, 2.75) is 32.7 Å². The van der Waals surface area contributed by atoms with E-state index >= 15 is 0 Å². The van der Waals surface area contributed by atoms with E-state index in [1.54, 1.807) is 35.2 Å². The second-order valence-electron chi connectivity index (χ2n) is 7.34. The molecule has 27 heavy (non-hydrogen) atoms. The first-order valence-corrected chi connectivity index (χ1v) is 9.45. The van der Waals surface area contributed by atoms with E-state index in [1.165, 1.54) is 0 Å². The van der Waals surface area contributed by atoms with Crippen molar-refractivity contribution < 1.29 is 19.5 Å². The molecule has 0 aliphatic carbocycles. The summed E-state index contributed by atoms with van der Waals surface area (Å²) in [6.45, 7) is 8.39. The molecule has 2 amide bonds. The lowest BCUT2D eigenvalue weighted by molar-refractivity contribution is -0.139. The molecule has 2 rings (SSSR count). The third kappa shape index (κ3) is 6.67. The van der Waals surface area contributed by atoms with Crippen molar-refractivity contribution in [1.29, 1.82) is 0 Å². The molecule has 1 aromatic rings. The van der Waals surface area contributed by atoms with E-state index in [2.05, 4.69) is 24.1 Å². The van der Waals surface area contributed by atoms with E-state index in [9.17, 15) is 19.5 Å². The van der Waals surface area contributed by atoms with Gasteiger partial charge in [0.05, 0.1) is 0 Å². The molecule has 1 aliphatic heterocycles. The molecule has 1 saturated heterocycles. The van der Waals surface area contributed by atoms with Gasteiger partial charge in [-0.3, -0.25) is 14.5 Å². The number of piperazine rings is 1. The van der Waals surface area contributed by atoms with E-state index in [1.807, 2.05) is 0 Å². The molecule has 0 unspecified atom stereocenters. The third-order valence-corrected chi connectivity index (χ3v) is 4.63. The fraction of sp³-hybridized carbons (Fsp3) is 0.550. The first-order chi connectivity index (χ1) is 12.9. The number of carbonyl (C=O) groups excluding carboxylic acids is 2. The van der Waals surface area contributed by atoms with Crippen LogP contribution < -0.4 is 5.32 Å². The van der Waals surface area contributed by atoms with Crippen molar-refractivity contribution in [3.8, 4) is 0 Å². The molecular weight excluding hydrogens is 346 g/mol. The number of nitrogens with one attached hydrogen (secondary N) is 1. The van der Waals surface area contributed by atoms with E-state index in [-0.39, 0.29) is 18.7 Å². The molecule has 0 aromatic heterocycles. The van der Waals surface area contributed by atoms with Crippen LogP contribution in [0.1, 0.15) is 37.0 Å². The Hall–Kier alpha value is -2.41. The SMILES string of the molecule is CC(C)CN1CCN(C(=O)CC[C@H](NC(=O)c2ccccc2)C(=O)O)CC1. The van der Waals surface area contributed by atoms with Crippen molar-refractivity contribution in [2.75, 3.05) is 32.7 Å². The van der Waals surface area contributed by atoms with Gasteiger partial charge in [0, 0.05) is 44.7 Å². The van der Waals surface area contributed by atoms with Crippen LogP contribution in [0.25, 0.3) is 0 Å². The number of carbonyl (C=O) groups is 3. The Labute approximate surface area is 160 Å². The summed E-state index contributed by atoms with van der Waals surface area (Å²) in [6, 6.07) is 7.38. The van der Waals surface area contributed by atoms with Gasteiger partial charge >= 0.3 is 5.97 Å². The number of rotatable bonds is 8. The Kier molecular flexibility index (Phi) is 7.79. The van der Waals surface area contributed by atoms with Crippen LogP contribution in [0.3, 0.4) is 0 Å². The van der Waals surface area contributed by atoms with Gasteiger partial charge in [-0.25, -0.2) is 4.79 Å². The van der Waals surface area contributed by atoms with Crippen LogP contribution in [0.5, 0.6) is 0 Å². The normalized spacial score (nSPS) is 16.2. The minimum atomic E-state index is -1.13. The van der Waals surface area contributed by atoms with Crippen molar-refractivity contribution in [3.05, 3.63) is 35.9 Å². The molecule has 1 aromatic carbocycles. The van der Waals surface area contributed by atoms with Gasteiger partial charge in [0.25, 0.3) is 5.91 Å². The van der Waals surface area contributed by atoms with Gasteiger partial charge in [0.1, 0.15) is 6.04 Å². The topological polar surface area (TPSA) is 90.0 Å². The number of nitrogens with zero attached hydrogens (tertiary/aromatic N) is 2. The monoisotopic (exact) mass is 375 g/mol. The summed E-state index contributed by atoms with van der Waals surface area (Å²) >= 11 is 0. The zero-order valence-electron chi connectivity index (χ0n) is 16.1. The Morgan fingerprint density at radius 2 is 1.70 bits per heavy atom. The summed E-state index contributed by atoms with van der Waals surface area (Å²) < 4.78 is 0.